The van der Waals surface area contributed by atoms with Crippen molar-refractivity contribution in [2.24, 2.45) is 0 Å². The van der Waals surface area contributed by atoms with Crippen LogP contribution in [0.25, 0.3) is 0 Å². The summed E-state index contributed by atoms with van der Waals surface area (Å²) in [6.45, 7) is 2.23. The Morgan fingerprint density at radius 2 is 2.38 bits per heavy atom. The first-order valence-electron chi connectivity index (χ1n) is 4.67. The molecule has 74 valence electrons. The van der Waals surface area contributed by atoms with E-state index in [0.717, 1.165) is 6.42 Å². The molecule has 0 amide bonds. The van der Waals surface area contributed by atoms with Crippen LogP contribution in [0.15, 0.2) is 15.9 Å². The molecule has 0 spiro atoms. The Hall–Kier alpha value is 0.140. The maximum absolute atomic E-state index is 3.56. The third-order valence-electron chi connectivity index (χ3n) is 2.17. The molecule has 0 aliphatic carbocycles. The summed E-state index contributed by atoms with van der Waals surface area (Å²) in [4.78, 5) is 1.45. The molecule has 0 radical (unpaired) electrons. The van der Waals surface area contributed by atoms with E-state index in [1.54, 1.807) is 0 Å². The van der Waals surface area contributed by atoms with Crippen molar-refractivity contribution in [2.45, 2.75) is 32.2 Å². The summed E-state index contributed by atoms with van der Waals surface area (Å²) in [5.74, 6) is 0. The maximum atomic E-state index is 3.56. The summed E-state index contributed by atoms with van der Waals surface area (Å²) in [5, 5.41) is 5.49. The average Bonchev–Trinajstić information content (AvgIpc) is 2.51. The molecule has 0 aliphatic heterocycles. The summed E-state index contributed by atoms with van der Waals surface area (Å²) in [5.41, 5.74) is 0. The van der Waals surface area contributed by atoms with E-state index in [2.05, 4.69) is 39.6 Å². The molecule has 0 saturated carbocycles. The zero-order chi connectivity index (χ0) is 9.68. The summed E-state index contributed by atoms with van der Waals surface area (Å²) >= 11 is 5.39. The Bertz CT molecular complexity index is 247. The van der Waals surface area contributed by atoms with Gasteiger partial charge in [0.1, 0.15) is 0 Å². The van der Waals surface area contributed by atoms with Crippen LogP contribution in [-0.2, 0) is 6.42 Å². The number of hydrogen-bond donors (Lipinski definition) is 1. The van der Waals surface area contributed by atoms with E-state index in [4.69, 9.17) is 0 Å². The van der Waals surface area contributed by atoms with Gasteiger partial charge in [0.15, 0.2) is 0 Å². The second-order valence-corrected chi connectivity index (χ2v) is 5.03. The van der Waals surface area contributed by atoms with Gasteiger partial charge < -0.3 is 5.32 Å². The van der Waals surface area contributed by atoms with Gasteiger partial charge in [0.2, 0.25) is 0 Å². The summed E-state index contributed by atoms with van der Waals surface area (Å²) in [6.07, 6.45) is 3.64. The lowest BCUT2D eigenvalue weighted by Crippen LogP contribution is -2.26. The lowest BCUT2D eigenvalue weighted by Gasteiger charge is -2.13. The molecule has 1 aromatic rings. The molecule has 0 aliphatic rings. The normalized spacial score (nSPS) is 13.2. The lowest BCUT2D eigenvalue weighted by atomic mass is 10.1. The van der Waals surface area contributed by atoms with Crippen molar-refractivity contribution in [1.29, 1.82) is 0 Å². The molecule has 0 fully saturated rings. The quantitative estimate of drug-likeness (QED) is 0.857. The van der Waals surface area contributed by atoms with Crippen molar-refractivity contribution in [1.82, 2.24) is 5.32 Å². The monoisotopic (exact) mass is 261 g/mol. The van der Waals surface area contributed by atoms with Crippen LogP contribution in [0.4, 0.5) is 0 Å². The second-order valence-electron chi connectivity index (χ2n) is 3.17. The average molecular weight is 262 g/mol. The number of thiophene rings is 1. The fourth-order valence-corrected chi connectivity index (χ4v) is 2.99. The molecule has 1 nitrogen and oxygen atoms in total. The molecule has 3 heteroatoms. The highest BCUT2D eigenvalue weighted by atomic mass is 79.9. The fraction of sp³-hybridized carbons (Fsp3) is 0.600. The molecule has 0 bridgehead atoms. The third kappa shape index (κ3) is 3.41. The molecule has 1 aromatic heterocycles. The minimum absolute atomic E-state index is 0.625. The van der Waals surface area contributed by atoms with Crippen molar-refractivity contribution < 1.29 is 0 Å². The van der Waals surface area contributed by atoms with E-state index in [0.29, 0.717) is 6.04 Å². The zero-order valence-electron chi connectivity index (χ0n) is 8.14. The van der Waals surface area contributed by atoms with E-state index in [1.807, 2.05) is 18.4 Å². The van der Waals surface area contributed by atoms with Crippen molar-refractivity contribution in [3.63, 3.8) is 0 Å². The molecule has 1 N–H and O–H groups in total. The molecule has 0 aromatic carbocycles. The van der Waals surface area contributed by atoms with Crippen molar-refractivity contribution in [3.05, 3.63) is 20.8 Å². The number of rotatable bonds is 5. The highest BCUT2D eigenvalue weighted by Gasteiger charge is 2.09. The fourth-order valence-electron chi connectivity index (χ4n) is 1.39. The first-order valence-corrected chi connectivity index (χ1v) is 6.34. The van der Waals surface area contributed by atoms with Crippen molar-refractivity contribution >= 4 is 27.3 Å². The molecule has 1 heterocycles. The molecular formula is C10H16BrNS. The number of nitrogens with one attached hydrogen (secondary N) is 1. The van der Waals surface area contributed by atoms with Crippen LogP contribution in [0, 0.1) is 0 Å². The smallest absolute Gasteiger partial charge is 0.0314 e. The highest BCUT2D eigenvalue weighted by molar-refractivity contribution is 9.10. The van der Waals surface area contributed by atoms with E-state index in [-0.39, 0.29) is 0 Å². The SMILES string of the molecule is CCCC(Cc1sccc1Br)NC. The topological polar surface area (TPSA) is 12.0 Å². The number of likely N-dealkylation sites (N-methyl/N-ethyl adjacent to an activating group) is 1. The summed E-state index contributed by atoms with van der Waals surface area (Å²) in [6, 6.07) is 2.75. The van der Waals surface area contributed by atoms with Crippen LogP contribution in [0.3, 0.4) is 0 Å². The van der Waals surface area contributed by atoms with Crippen LogP contribution in [0.1, 0.15) is 24.6 Å². The second kappa shape index (κ2) is 5.78. The first kappa shape index (κ1) is 11.2. The van der Waals surface area contributed by atoms with Gasteiger partial charge in [-0.2, -0.15) is 0 Å². The van der Waals surface area contributed by atoms with Gasteiger partial charge in [-0.05, 0) is 47.3 Å². The predicted molar refractivity (Wildman–Crippen MR) is 63.5 cm³/mol. The largest absolute Gasteiger partial charge is 0.317 e. The predicted octanol–water partition coefficient (Wildman–Crippen LogP) is 3.44. The van der Waals surface area contributed by atoms with E-state index < -0.39 is 0 Å². The Labute approximate surface area is 92.7 Å². The molecule has 13 heavy (non-hydrogen) atoms. The Kier molecular flexibility index (Phi) is 4.99. The molecule has 1 unspecified atom stereocenters. The van der Waals surface area contributed by atoms with Gasteiger partial charge >= 0.3 is 0 Å². The van der Waals surface area contributed by atoms with Crippen LogP contribution in [0.5, 0.6) is 0 Å². The van der Waals surface area contributed by atoms with Crippen LogP contribution >= 0.6 is 27.3 Å². The summed E-state index contributed by atoms with van der Waals surface area (Å²) in [7, 11) is 2.04. The van der Waals surface area contributed by atoms with Crippen LogP contribution in [0.2, 0.25) is 0 Å². The number of hydrogen-bond acceptors (Lipinski definition) is 2. The number of halogens is 1. The van der Waals surface area contributed by atoms with Gasteiger partial charge in [0.05, 0.1) is 0 Å². The molecular weight excluding hydrogens is 246 g/mol. The van der Waals surface area contributed by atoms with Gasteiger partial charge in [-0.15, -0.1) is 11.3 Å². The van der Waals surface area contributed by atoms with Gasteiger partial charge in [0, 0.05) is 15.4 Å². The molecule has 1 rings (SSSR count). The highest BCUT2D eigenvalue weighted by Crippen LogP contribution is 2.24. The standard InChI is InChI=1S/C10H16BrNS/c1-3-4-8(12-2)7-10-9(11)5-6-13-10/h5-6,8,12H,3-4,7H2,1-2H3. The Balaban J connectivity index is 2.51. The molecule has 1 atom stereocenters. The Morgan fingerprint density at radius 3 is 2.85 bits per heavy atom. The van der Waals surface area contributed by atoms with Gasteiger partial charge in [-0.3, -0.25) is 0 Å². The first-order chi connectivity index (χ1) is 6.27. The van der Waals surface area contributed by atoms with E-state index in [9.17, 15) is 0 Å². The van der Waals surface area contributed by atoms with E-state index >= 15 is 0 Å². The summed E-state index contributed by atoms with van der Waals surface area (Å²) < 4.78 is 1.26. The van der Waals surface area contributed by atoms with Crippen LogP contribution in [-0.4, -0.2) is 13.1 Å². The van der Waals surface area contributed by atoms with Gasteiger partial charge in [0.25, 0.3) is 0 Å². The van der Waals surface area contributed by atoms with Gasteiger partial charge in [-0.25, -0.2) is 0 Å². The minimum Gasteiger partial charge on any atom is -0.317 e. The van der Waals surface area contributed by atoms with Crippen molar-refractivity contribution in [2.75, 3.05) is 7.05 Å². The van der Waals surface area contributed by atoms with Crippen LogP contribution < -0.4 is 5.32 Å². The lowest BCUT2D eigenvalue weighted by molar-refractivity contribution is 0.516. The third-order valence-corrected chi connectivity index (χ3v) is 4.12. The zero-order valence-corrected chi connectivity index (χ0v) is 10.5. The maximum Gasteiger partial charge on any atom is 0.0314 e. The van der Waals surface area contributed by atoms with Crippen molar-refractivity contribution in [3.8, 4) is 0 Å². The van der Waals surface area contributed by atoms with E-state index in [1.165, 1.54) is 22.2 Å². The molecule has 0 saturated heterocycles. The minimum atomic E-state index is 0.625. The Morgan fingerprint density at radius 1 is 1.62 bits per heavy atom. The van der Waals surface area contributed by atoms with Gasteiger partial charge in [-0.1, -0.05) is 13.3 Å².